The molecule has 0 saturated carbocycles. The molecule has 0 atom stereocenters. The van der Waals surface area contributed by atoms with E-state index in [1.165, 1.54) is 25.3 Å². The number of hydrogen-bond donors (Lipinski definition) is 0. The van der Waals surface area contributed by atoms with Crippen molar-refractivity contribution in [3.63, 3.8) is 0 Å². The van der Waals surface area contributed by atoms with Crippen molar-refractivity contribution in [3.05, 3.63) is 58.7 Å². The lowest BCUT2D eigenvalue weighted by Crippen LogP contribution is -2.05. The fourth-order valence-electron chi connectivity index (χ4n) is 1.84. The summed E-state index contributed by atoms with van der Waals surface area (Å²) in [6.45, 7) is 3.14. The molecular weight excluding hydrogens is 250 g/mol. The van der Waals surface area contributed by atoms with E-state index in [2.05, 4.69) is 9.97 Å². The van der Waals surface area contributed by atoms with Gasteiger partial charge in [0.2, 0.25) is 0 Å². The molecule has 0 saturated heterocycles. The maximum absolute atomic E-state index is 13.1. The van der Waals surface area contributed by atoms with Crippen molar-refractivity contribution in [2.45, 2.75) is 20.3 Å². The summed E-state index contributed by atoms with van der Waals surface area (Å²) >= 11 is 0. The van der Waals surface area contributed by atoms with Crippen molar-refractivity contribution in [2.75, 3.05) is 0 Å². The summed E-state index contributed by atoms with van der Waals surface area (Å²) in [5.74, 6) is -0.951. The summed E-state index contributed by atoms with van der Waals surface area (Å²) in [5.41, 5.74) is 1.47. The molecule has 0 fully saturated rings. The van der Waals surface area contributed by atoms with E-state index in [0.29, 0.717) is 22.6 Å². The second-order valence-electron chi connectivity index (χ2n) is 4.30. The van der Waals surface area contributed by atoms with Gasteiger partial charge in [0.25, 0.3) is 0 Å². The first-order valence-electron chi connectivity index (χ1n) is 5.74. The number of carbonyl (C=O) groups is 1. The standard InChI is InChI=1S/C14H12F2N2O/c1-8-13(9(2)19)7-17-14(18-8)5-10-3-11(15)6-12(16)4-10/h3-4,6-7H,5H2,1-2H3. The normalized spacial score (nSPS) is 10.5. The molecule has 2 rings (SSSR count). The Morgan fingerprint density at radius 2 is 1.84 bits per heavy atom. The minimum absolute atomic E-state index is 0.110. The minimum atomic E-state index is -0.632. The Bertz CT molecular complexity index is 621. The number of halogens is 2. The van der Waals surface area contributed by atoms with Crippen LogP contribution < -0.4 is 0 Å². The number of nitrogens with zero attached hydrogens (tertiary/aromatic N) is 2. The number of carbonyl (C=O) groups excluding carboxylic acids is 1. The lowest BCUT2D eigenvalue weighted by Gasteiger charge is -2.05. The van der Waals surface area contributed by atoms with E-state index in [4.69, 9.17) is 0 Å². The van der Waals surface area contributed by atoms with Crippen molar-refractivity contribution in [2.24, 2.45) is 0 Å². The number of Topliss-reactive ketones (excluding diaryl/α,β-unsaturated/α-hetero) is 1. The number of aromatic nitrogens is 2. The quantitative estimate of drug-likeness (QED) is 0.799. The smallest absolute Gasteiger partial charge is 0.163 e. The third-order valence-corrected chi connectivity index (χ3v) is 2.69. The number of benzene rings is 1. The molecule has 3 nitrogen and oxygen atoms in total. The van der Waals surface area contributed by atoms with E-state index in [1.807, 2.05) is 0 Å². The van der Waals surface area contributed by atoms with Crippen LogP contribution in [-0.2, 0) is 6.42 Å². The number of rotatable bonds is 3. The van der Waals surface area contributed by atoms with Gasteiger partial charge in [-0.05, 0) is 31.5 Å². The Kier molecular flexibility index (Phi) is 3.64. The topological polar surface area (TPSA) is 42.9 Å². The van der Waals surface area contributed by atoms with Crippen molar-refractivity contribution in [3.8, 4) is 0 Å². The molecule has 0 amide bonds. The van der Waals surface area contributed by atoms with Gasteiger partial charge in [-0.25, -0.2) is 18.7 Å². The highest BCUT2D eigenvalue weighted by atomic mass is 19.1. The zero-order valence-electron chi connectivity index (χ0n) is 10.6. The minimum Gasteiger partial charge on any atom is -0.294 e. The second-order valence-corrected chi connectivity index (χ2v) is 4.30. The Morgan fingerprint density at radius 3 is 2.37 bits per heavy atom. The first-order chi connectivity index (χ1) is 8.95. The van der Waals surface area contributed by atoms with Gasteiger partial charge in [-0.15, -0.1) is 0 Å². The second kappa shape index (κ2) is 5.22. The van der Waals surface area contributed by atoms with Crippen LogP contribution in [0, 0.1) is 18.6 Å². The predicted octanol–water partition coefficient (Wildman–Crippen LogP) is 2.86. The van der Waals surface area contributed by atoms with Crippen molar-refractivity contribution >= 4 is 5.78 Å². The average molecular weight is 262 g/mol. The van der Waals surface area contributed by atoms with Gasteiger partial charge in [0.05, 0.1) is 11.3 Å². The van der Waals surface area contributed by atoms with E-state index in [0.717, 1.165) is 6.07 Å². The van der Waals surface area contributed by atoms with Gasteiger partial charge in [-0.1, -0.05) is 0 Å². The molecule has 1 heterocycles. The number of aryl methyl sites for hydroxylation is 1. The van der Waals surface area contributed by atoms with Crippen LogP contribution in [0.15, 0.2) is 24.4 Å². The summed E-state index contributed by atoms with van der Waals surface area (Å²) in [7, 11) is 0. The summed E-state index contributed by atoms with van der Waals surface area (Å²) in [4.78, 5) is 19.5. The van der Waals surface area contributed by atoms with Crippen LogP contribution in [0.25, 0.3) is 0 Å². The first-order valence-corrected chi connectivity index (χ1v) is 5.74. The molecule has 0 unspecified atom stereocenters. The summed E-state index contributed by atoms with van der Waals surface area (Å²) in [6.07, 6.45) is 1.66. The summed E-state index contributed by atoms with van der Waals surface area (Å²) < 4.78 is 26.1. The molecule has 0 bridgehead atoms. The predicted molar refractivity (Wildman–Crippen MR) is 65.9 cm³/mol. The highest BCUT2D eigenvalue weighted by Gasteiger charge is 2.09. The largest absolute Gasteiger partial charge is 0.294 e. The third-order valence-electron chi connectivity index (χ3n) is 2.69. The molecule has 0 aliphatic rings. The lowest BCUT2D eigenvalue weighted by molar-refractivity contribution is 0.101. The van der Waals surface area contributed by atoms with Crippen LogP contribution in [0.4, 0.5) is 8.78 Å². The zero-order valence-corrected chi connectivity index (χ0v) is 10.6. The maximum Gasteiger partial charge on any atom is 0.163 e. The Hall–Kier alpha value is -2.17. The van der Waals surface area contributed by atoms with Crippen LogP contribution in [-0.4, -0.2) is 15.8 Å². The molecule has 1 aromatic carbocycles. The molecule has 5 heteroatoms. The fourth-order valence-corrected chi connectivity index (χ4v) is 1.84. The fraction of sp³-hybridized carbons (Fsp3) is 0.214. The van der Waals surface area contributed by atoms with E-state index in [9.17, 15) is 13.6 Å². The van der Waals surface area contributed by atoms with Crippen LogP contribution in [0.3, 0.4) is 0 Å². The van der Waals surface area contributed by atoms with E-state index >= 15 is 0 Å². The Labute approximate surface area is 109 Å². The molecule has 2 aromatic rings. The van der Waals surface area contributed by atoms with Gasteiger partial charge >= 0.3 is 0 Å². The van der Waals surface area contributed by atoms with Crippen molar-refractivity contribution < 1.29 is 13.6 Å². The molecule has 0 radical (unpaired) electrons. The monoisotopic (exact) mass is 262 g/mol. The van der Waals surface area contributed by atoms with Crippen molar-refractivity contribution in [1.29, 1.82) is 0 Å². The Balaban J connectivity index is 2.28. The highest BCUT2D eigenvalue weighted by molar-refractivity contribution is 5.94. The first kappa shape index (κ1) is 13.3. The molecule has 0 aliphatic carbocycles. The van der Waals surface area contributed by atoms with Crippen LogP contribution in [0.5, 0.6) is 0 Å². The molecule has 0 spiro atoms. The third kappa shape index (κ3) is 3.19. The van der Waals surface area contributed by atoms with Gasteiger partial charge in [0.1, 0.15) is 17.5 Å². The Morgan fingerprint density at radius 1 is 1.21 bits per heavy atom. The maximum atomic E-state index is 13.1. The molecule has 19 heavy (non-hydrogen) atoms. The molecule has 0 N–H and O–H groups in total. The average Bonchev–Trinajstić information content (AvgIpc) is 2.26. The van der Waals surface area contributed by atoms with Gasteiger partial charge in [-0.2, -0.15) is 0 Å². The number of hydrogen-bond acceptors (Lipinski definition) is 3. The van der Waals surface area contributed by atoms with Crippen LogP contribution >= 0.6 is 0 Å². The number of ketones is 1. The molecule has 1 aromatic heterocycles. The van der Waals surface area contributed by atoms with Gasteiger partial charge in [-0.3, -0.25) is 4.79 Å². The van der Waals surface area contributed by atoms with E-state index < -0.39 is 11.6 Å². The van der Waals surface area contributed by atoms with E-state index in [1.54, 1.807) is 6.92 Å². The van der Waals surface area contributed by atoms with Crippen LogP contribution in [0.1, 0.15) is 34.4 Å². The molecular formula is C14H12F2N2O. The van der Waals surface area contributed by atoms with Gasteiger partial charge < -0.3 is 0 Å². The lowest BCUT2D eigenvalue weighted by atomic mass is 10.1. The van der Waals surface area contributed by atoms with Crippen molar-refractivity contribution in [1.82, 2.24) is 9.97 Å². The van der Waals surface area contributed by atoms with Crippen LogP contribution in [0.2, 0.25) is 0 Å². The van der Waals surface area contributed by atoms with Gasteiger partial charge in [0.15, 0.2) is 5.78 Å². The molecule has 0 aliphatic heterocycles. The van der Waals surface area contributed by atoms with Gasteiger partial charge in [0, 0.05) is 18.7 Å². The summed E-state index contributed by atoms with van der Waals surface area (Å²) in [6, 6.07) is 3.29. The highest BCUT2D eigenvalue weighted by Crippen LogP contribution is 2.12. The molecule has 98 valence electrons. The zero-order chi connectivity index (χ0) is 14.0. The SMILES string of the molecule is CC(=O)c1cnc(Cc2cc(F)cc(F)c2)nc1C. The summed E-state index contributed by atoms with van der Waals surface area (Å²) in [5, 5.41) is 0. The van der Waals surface area contributed by atoms with E-state index in [-0.39, 0.29) is 12.2 Å².